The maximum atomic E-state index is 11.5. The van der Waals surface area contributed by atoms with Crippen LogP contribution in [0.15, 0.2) is 0 Å². The molecule has 0 saturated carbocycles. The molecule has 0 aromatic rings. The summed E-state index contributed by atoms with van der Waals surface area (Å²) in [4.78, 5) is 0. The van der Waals surface area contributed by atoms with Crippen LogP contribution in [0.25, 0.3) is 0 Å². The van der Waals surface area contributed by atoms with E-state index in [0.29, 0.717) is 5.75 Å². The molecule has 0 aliphatic carbocycles. The summed E-state index contributed by atoms with van der Waals surface area (Å²) < 4.78 is 16.3. The summed E-state index contributed by atoms with van der Waals surface area (Å²) in [5.74, 6) is 0.539. The first-order valence-electron chi connectivity index (χ1n) is 8.90. The van der Waals surface area contributed by atoms with Gasteiger partial charge in [0.15, 0.2) is 0 Å². The number of hydrogen-bond donors (Lipinski definition) is 0. The second-order valence-electron chi connectivity index (χ2n) is 6.02. The molecule has 0 N–H and O–H groups in total. The van der Waals surface area contributed by atoms with E-state index in [1.54, 1.807) is 0 Å². The van der Waals surface area contributed by atoms with Crippen molar-refractivity contribution in [1.82, 2.24) is 0 Å². The summed E-state index contributed by atoms with van der Waals surface area (Å²) in [6.07, 6.45) is 18.6. The van der Waals surface area contributed by atoms with E-state index in [1.807, 2.05) is 0 Å². The van der Waals surface area contributed by atoms with Gasteiger partial charge in [-0.25, -0.2) is 4.21 Å². The van der Waals surface area contributed by atoms with E-state index in [9.17, 15) is 4.21 Å². The summed E-state index contributed by atoms with van der Waals surface area (Å²) in [7, 11) is -0.959. The van der Waals surface area contributed by atoms with Gasteiger partial charge in [-0.1, -0.05) is 90.4 Å². The fourth-order valence-corrected chi connectivity index (χ4v) is 3.63. The topological polar surface area (TPSA) is 26.3 Å². The molecule has 5 heteroatoms. The van der Waals surface area contributed by atoms with E-state index in [-0.39, 0.29) is 29.6 Å². The molecule has 0 spiro atoms. The number of rotatable bonds is 16. The van der Waals surface area contributed by atoms with Gasteiger partial charge in [-0.3, -0.25) is 4.18 Å². The third kappa shape index (κ3) is 19.4. The van der Waals surface area contributed by atoms with Crippen molar-refractivity contribution in [1.29, 1.82) is 0 Å². The Morgan fingerprint density at radius 3 is 1.36 bits per heavy atom. The van der Waals surface area contributed by atoms with Crippen LogP contribution in [0, 0.1) is 0 Å². The Kier molecular flexibility index (Phi) is 21.7. The average Bonchev–Trinajstić information content (AvgIpc) is 2.47. The van der Waals surface area contributed by atoms with Crippen LogP contribution in [0.3, 0.4) is 0 Å². The Hall–Kier alpha value is 1.33. The molecule has 0 aliphatic heterocycles. The van der Waals surface area contributed by atoms with Gasteiger partial charge in [-0.2, -0.15) is 0 Å². The van der Waals surface area contributed by atoms with E-state index < -0.39 is 8.77 Å². The Bertz CT molecular complexity index is 306. The molecular weight excluding hydrogens is 323 g/mol. The van der Waals surface area contributed by atoms with Gasteiger partial charge in [-0.05, 0) is 6.42 Å². The van der Waals surface area contributed by atoms with Crippen LogP contribution in [0.4, 0.5) is 0 Å². The summed E-state index contributed by atoms with van der Waals surface area (Å²) in [6, 6.07) is 0. The predicted octanol–water partition coefficient (Wildman–Crippen LogP) is 5.13. The molecule has 0 aromatic carbocycles. The molecule has 0 amide bonds. The Balaban J connectivity index is 0. The molecule has 0 bridgehead atoms. The first kappa shape index (κ1) is 25.6. The van der Waals surface area contributed by atoms with E-state index in [4.69, 9.17) is 15.4 Å². The van der Waals surface area contributed by atoms with Crippen molar-refractivity contribution in [3.8, 4) is 0 Å². The average molecular weight is 361 g/mol. The first-order valence-corrected chi connectivity index (χ1v) is 11.5. The van der Waals surface area contributed by atoms with Crippen molar-refractivity contribution in [2.24, 2.45) is 0 Å². The molecule has 0 fully saturated rings. The Labute approximate surface area is 166 Å². The number of unbranched alkanes of at least 4 members (excludes halogenated alkanes) is 13. The van der Waals surface area contributed by atoms with Crippen LogP contribution in [-0.4, -0.2) is 46.6 Å². The summed E-state index contributed by atoms with van der Waals surface area (Å²) in [6.45, 7) is 2.27. The van der Waals surface area contributed by atoms with E-state index in [2.05, 4.69) is 6.92 Å². The van der Waals surface area contributed by atoms with Crippen molar-refractivity contribution in [2.45, 2.75) is 96.8 Å². The normalized spacial score (nSPS) is 13.5. The van der Waals surface area contributed by atoms with E-state index in [0.717, 1.165) is 12.8 Å². The van der Waals surface area contributed by atoms with Gasteiger partial charge in [0.1, 0.15) is 8.77 Å². The molecule has 0 aromatic heterocycles. The second kappa shape index (κ2) is 18.7. The zero-order valence-electron chi connectivity index (χ0n) is 14.2. The quantitative estimate of drug-likeness (QED) is 0.282. The fourth-order valence-electron chi connectivity index (χ4n) is 2.56. The molecule has 0 saturated heterocycles. The molecule has 22 heavy (non-hydrogen) atoms. The van der Waals surface area contributed by atoms with Crippen molar-refractivity contribution < 1.29 is 8.39 Å². The van der Waals surface area contributed by atoms with Crippen LogP contribution >= 0.6 is 0 Å². The predicted molar refractivity (Wildman–Crippen MR) is 105 cm³/mol. The molecule has 0 aliphatic rings. The van der Waals surface area contributed by atoms with Gasteiger partial charge < -0.3 is 0 Å². The molecule has 1 atom stereocenters. The van der Waals surface area contributed by atoms with Gasteiger partial charge in [0.2, 0.25) is 0 Å². The van der Waals surface area contributed by atoms with Gasteiger partial charge in [0.05, 0.1) is 12.9 Å². The van der Waals surface area contributed by atoms with Crippen LogP contribution in [-0.2, 0) is 24.1 Å². The zero-order valence-corrected chi connectivity index (χ0v) is 15.9. The minimum atomic E-state index is -2.40. The number of hydrogen-bond acceptors (Lipinski definition) is 3. The van der Waals surface area contributed by atoms with Gasteiger partial charge in [-0.15, -0.1) is 0 Å². The Morgan fingerprint density at radius 2 is 1.05 bits per heavy atom. The van der Waals surface area contributed by atoms with Crippen LogP contribution in [0.1, 0.15) is 96.8 Å². The molecule has 0 heterocycles. The van der Waals surface area contributed by atoms with E-state index >= 15 is 0 Å². The SMILES string of the molecule is CCCCCCCCCCCCCCCCS(=O)(=S)OC.[NaH]. The molecule has 0 radical (unpaired) electrons. The maximum absolute atomic E-state index is 11.5. The molecule has 130 valence electrons. The van der Waals surface area contributed by atoms with Crippen LogP contribution in [0.5, 0.6) is 0 Å². The van der Waals surface area contributed by atoms with E-state index in [1.165, 1.54) is 84.2 Å². The van der Waals surface area contributed by atoms with Gasteiger partial charge >= 0.3 is 29.6 Å². The summed E-state index contributed by atoms with van der Waals surface area (Å²) in [5.41, 5.74) is 0. The van der Waals surface area contributed by atoms with Crippen molar-refractivity contribution >= 4 is 49.5 Å². The molecule has 0 rings (SSSR count). The third-order valence-electron chi connectivity index (χ3n) is 4.00. The van der Waals surface area contributed by atoms with Crippen molar-refractivity contribution in [3.63, 3.8) is 0 Å². The third-order valence-corrected chi connectivity index (χ3v) is 6.21. The summed E-state index contributed by atoms with van der Waals surface area (Å²) in [5, 5.41) is 0. The standard InChI is InChI=1S/C17H36O2S2.Na.H/c1-3-4-5-6-7-8-9-10-11-12-13-14-15-16-17-21(18,20)19-2;;/h3-17H2,1-2H3;;. The van der Waals surface area contributed by atoms with Crippen LogP contribution in [0.2, 0.25) is 0 Å². The Morgan fingerprint density at radius 1 is 0.727 bits per heavy atom. The zero-order chi connectivity index (χ0) is 15.8. The monoisotopic (exact) mass is 360 g/mol. The van der Waals surface area contributed by atoms with Gasteiger partial charge in [0.25, 0.3) is 0 Å². The second-order valence-corrected chi connectivity index (χ2v) is 9.41. The minimum absolute atomic E-state index is 0. The molecule has 2 nitrogen and oxygen atoms in total. The van der Waals surface area contributed by atoms with Crippen molar-refractivity contribution in [3.05, 3.63) is 0 Å². The molecular formula is C17H37NaO2S2. The first-order chi connectivity index (χ1) is 10.1. The molecule has 1 unspecified atom stereocenters. The summed E-state index contributed by atoms with van der Waals surface area (Å²) >= 11 is 4.84. The van der Waals surface area contributed by atoms with Crippen LogP contribution < -0.4 is 0 Å². The van der Waals surface area contributed by atoms with Gasteiger partial charge in [0, 0.05) is 11.2 Å². The van der Waals surface area contributed by atoms with Crippen molar-refractivity contribution in [2.75, 3.05) is 12.9 Å². The fraction of sp³-hybridized carbons (Fsp3) is 1.00.